The summed E-state index contributed by atoms with van der Waals surface area (Å²) in [6.45, 7) is 8.49. The van der Waals surface area contributed by atoms with Crippen molar-refractivity contribution < 1.29 is 14.3 Å². The Labute approximate surface area is 150 Å². The number of benzene rings is 1. The molecule has 0 spiro atoms. The molecule has 2 amide bonds. The van der Waals surface area contributed by atoms with Crippen LogP contribution in [0.5, 0.6) is 0 Å². The van der Waals surface area contributed by atoms with Gasteiger partial charge < -0.3 is 15.0 Å². The predicted molar refractivity (Wildman–Crippen MR) is 99.8 cm³/mol. The first-order valence-corrected chi connectivity index (χ1v) is 9.09. The van der Waals surface area contributed by atoms with Crippen molar-refractivity contribution in [2.24, 2.45) is 11.8 Å². The third-order valence-electron chi connectivity index (χ3n) is 4.67. The van der Waals surface area contributed by atoms with Gasteiger partial charge in [-0.05, 0) is 49.3 Å². The van der Waals surface area contributed by atoms with E-state index >= 15 is 0 Å². The maximum Gasteiger partial charge on any atom is 0.253 e. The van der Waals surface area contributed by atoms with Crippen LogP contribution in [0, 0.1) is 18.8 Å². The summed E-state index contributed by atoms with van der Waals surface area (Å²) in [6, 6.07) is 5.55. The molecule has 2 atom stereocenters. The fourth-order valence-corrected chi connectivity index (χ4v) is 3.49. The molecule has 2 rings (SSSR count). The number of anilines is 1. The molecule has 25 heavy (non-hydrogen) atoms. The second-order valence-corrected chi connectivity index (χ2v) is 7.33. The van der Waals surface area contributed by atoms with Crippen LogP contribution in [-0.2, 0) is 9.53 Å². The van der Waals surface area contributed by atoms with Gasteiger partial charge in [-0.1, -0.05) is 19.9 Å². The summed E-state index contributed by atoms with van der Waals surface area (Å²) in [5.41, 5.74) is 2.31. The largest absolute Gasteiger partial charge is 0.385 e. The van der Waals surface area contributed by atoms with Gasteiger partial charge in [-0.25, -0.2) is 0 Å². The van der Waals surface area contributed by atoms with E-state index in [1.54, 1.807) is 13.2 Å². The van der Waals surface area contributed by atoms with Gasteiger partial charge >= 0.3 is 0 Å². The zero-order valence-corrected chi connectivity index (χ0v) is 15.8. The molecule has 0 saturated carbocycles. The highest BCUT2D eigenvalue weighted by Crippen LogP contribution is 2.24. The minimum absolute atomic E-state index is 0.0493. The number of hydrogen-bond donors (Lipinski definition) is 1. The van der Waals surface area contributed by atoms with Crippen molar-refractivity contribution in [2.45, 2.75) is 40.0 Å². The average Bonchev–Trinajstić information content (AvgIpc) is 2.55. The molecular formula is C20H30N2O3. The number of likely N-dealkylation sites (tertiary alicyclic amines) is 1. The average molecular weight is 346 g/mol. The first kappa shape index (κ1) is 19.4. The molecule has 0 aromatic heterocycles. The number of ether oxygens (including phenoxy) is 1. The fourth-order valence-electron chi connectivity index (χ4n) is 3.49. The standard InChI is InChI=1S/C20H30N2O3/c1-14-10-15(2)13-22(12-14)20(24)17-8-7-16(3)18(11-17)21-19(23)6-5-9-25-4/h7-8,11,14-15H,5-6,9-10,12-13H2,1-4H3,(H,21,23)/t14-,15-/m1/s1. The van der Waals surface area contributed by atoms with E-state index in [0.29, 0.717) is 42.5 Å². The molecule has 1 N–H and O–H groups in total. The van der Waals surface area contributed by atoms with Gasteiger partial charge in [0.15, 0.2) is 0 Å². The maximum absolute atomic E-state index is 12.8. The third kappa shape index (κ3) is 5.56. The van der Waals surface area contributed by atoms with Crippen LogP contribution in [-0.4, -0.2) is 43.5 Å². The maximum atomic E-state index is 12.8. The molecule has 1 aliphatic heterocycles. The van der Waals surface area contributed by atoms with Crippen LogP contribution in [0.1, 0.15) is 49.0 Å². The van der Waals surface area contributed by atoms with Crippen molar-refractivity contribution in [3.63, 3.8) is 0 Å². The Hall–Kier alpha value is -1.88. The van der Waals surface area contributed by atoms with Crippen LogP contribution < -0.4 is 5.32 Å². The van der Waals surface area contributed by atoms with Gasteiger partial charge in [0.25, 0.3) is 5.91 Å². The number of carbonyl (C=O) groups excluding carboxylic acids is 2. The second kappa shape index (κ2) is 8.99. The SMILES string of the molecule is COCCCC(=O)Nc1cc(C(=O)N2C[C@H](C)C[C@@H](C)C2)ccc1C. The molecule has 0 unspecified atom stereocenters. The third-order valence-corrected chi connectivity index (χ3v) is 4.67. The second-order valence-electron chi connectivity index (χ2n) is 7.33. The van der Waals surface area contributed by atoms with E-state index in [1.165, 1.54) is 6.42 Å². The summed E-state index contributed by atoms with van der Waals surface area (Å²) in [6.07, 6.45) is 2.26. The summed E-state index contributed by atoms with van der Waals surface area (Å²) in [5.74, 6) is 1.05. The van der Waals surface area contributed by atoms with E-state index in [2.05, 4.69) is 19.2 Å². The Morgan fingerprint density at radius 2 is 1.92 bits per heavy atom. The quantitative estimate of drug-likeness (QED) is 0.802. The summed E-state index contributed by atoms with van der Waals surface area (Å²) >= 11 is 0. The highest BCUT2D eigenvalue weighted by molar-refractivity contribution is 5.97. The number of nitrogens with zero attached hydrogens (tertiary/aromatic N) is 1. The molecule has 1 aromatic carbocycles. The van der Waals surface area contributed by atoms with Gasteiger partial charge in [0.1, 0.15) is 0 Å². The van der Waals surface area contributed by atoms with Gasteiger partial charge in [-0.3, -0.25) is 9.59 Å². The van der Waals surface area contributed by atoms with E-state index in [9.17, 15) is 9.59 Å². The monoisotopic (exact) mass is 346 g/mol. The lowest BCUT2D eigenvalue weighted by Gasteiger charge is -2.35. The van der Waals surface area contributed by atoms with E-state index in [1.807, 2.05) is 24.0 Å². The number of hydrogen-bond acceptors (Lipinski definition) is 3. The molecule has 1 saturated heterocycles. The minimum Gasteiger partial charge on any atom is -0.385 e. The molecule has 1 heterocycles. The summed E-state index contributed by atoms with van der Waals surface area (Å²) in [7, 11) is 1.62. The first-order chi connectivity index (χ1) is 11.9. The highest BCUT2D eigenvalue weighted by atomic mass is 16.5. The zero-order valence-electron chi connectivity index (χ0n) is 15.8. The molecule has 5 heteroatoms. The van der Waals surface area contributed by atoms with Crippen molar-refractivity contribution in [1.29, 1.82) is 0 Å². The molecule has 1 fully saturated rings. The van der Waals surface area contributed by atoms with Gasteiger partial charge in [-0.15, -0.1) is 0 Å². The topological polar surface area (TPSA) is 58.6 Å². The number of nitrogens with one attached hydrogen (secondary N) is 1. The summed E-state index contributed by atoms with van der Waals surface area (Å²) in [5, 5.41) is 2.92. The highest BCUT2D eigenvalue weighted by Gasteiger charge is 2.26. The van der Waals surface area contributed by atoms with Crippen molar-refractivity contribution in [2.75, 3.05) is 32.1 Å². The smallest absolute Gasteiger partial charge is 0.253 e. The number of rotatable bonds is 6. The molecule has 1 aliphatic rings. The van der Waals surface area contributed by atoms with Crippen LogP contribution in [0.3, 0.4) is 0 Å². The lowest BCUT2D eigenvalue weighted by molar-refractivity contribution is -0.116. The lowest BCUT2D eigenvalue weighted by Crippen LogP contribution is -2.42. The lowest BCUT2D eigenvalue weighted by atomic mass is 9.91. The molecule has 0 bridgehead atoms. The normalized spacial score (nSPS) is 20.4. The number of piperidine rings is 1. The van der Waals surface area contributed by atoms with Crippen molar-refractivity contribution in [3.05, 3.63) is 29.3 Å². The van der Waals surface area contributed by atoms with Crippen molar-refractivity contribution >= 4 is 17.5 Å². The summed E-state index contributed by atoms with van der Waals surface area (Å²) in [4.78, 5) is 26.8. The number of methoxy groups -OCH3 is 1. The Balaban J connectivity index is 2.07. The molecule has 0 radical (unpaired) electrons. The molecular weight excluding hydrogens is 316 g/mol. The minimum atomic E-state index is -0.0510. The van der Waals surface area contributed by atoms with E-state index in [-0.39, 0.29) is 11.8 Å². The van der Waals surface area contributed by atoms with Crippen LogP contribution in [0.4, 0.5) is 5.69 Å². The number of amides is 2. The molecule has 0 aliphatic carbocycles. The van der Waals surface area contributed by atoms with Crippen molar-refractivity contribution in [1.82, 2.24) is 4.90 Å². The molecule has 1 aromatic rings. The Bertz CT molecular complexity index is 605. The predicted octanol–water partition coefficient (Wildman–Crippen LogP) is 3.48. The van der Waals surface area contributed by atoms with Crippen LogP contribution >= 0.6 is 0 Å². The zero-order chi connectivity index (χ0) is 18.4. The number of aryl methyl sites for hydroxylation is 1. The van der Waals surface area contributed by atoms with Crippen LogP contribution in [0.2, 0.25) is 0 Å². The van der Waals surface area contributed by atoms with Gasteiger partial charge in [0.2, 0.25) is 5.91 Å². The van der Waals surface area contributed by atoms with Crippen LogP contribution in [0.15, 0.2) is 18.2 Å². The first-order valence-electron chi connectivity index (χ1n) is 9.09. The Morgan fingerprint density at radius 1 is 1.24 bits per heavy atom. The van der Waals surface area contributed by atoms with Crippen molar-refractivity contribution in [3.8, 4) is 0 Å². The van der Waals surface area contributed by atoms with Crippen LogP contribution in [0.25, 0.3) is 0 Å². The molecule has 138 valence electrons. The summed E-state index contributed by atoms with van der Waals surface area (Å²) < 4.78 is 4.97. The van der Waals surface area contributed by atoms with Gasteiger partial charge in [0, 0.05) is 44.5 Å². The number of carbonyl (C=O) groups is 2. The van der Waals surface area contributed by atoms with Gasteiger partial charge in [0.05, 0.1) is 0 Å². The van der Waals surface area contributed by atoms with Gasteiger partial charge in [-0.2, -0.15) is 0 Å². The molecule has 5 nitrogen and oxygen atoms in total. The van der Waals surface area contributed by atoms with E-state index in [0.717, 1.165) is 18.7 Å². The Kier molecular flexibility index (Phi) is 7.00. The fraction of sp³-hybridized carbons (Fsp3) is 0.600. The van der Waals surface area contributed by atoms with E-state index < -0.39 is 0 Å². The van der Waals surface area contributed by atoms with E-state index in [4.69, 9.17) is 4.74 Å². The Morgan fingerprint density at radius 3 is 2.56 bits per heavy atom.